The lowest BCUT2D eigenvalue weighted by molar-refractivity contribution is -0.126. The maximum absolute atomic E-state index is 12.1. The molecule has 0 saturated heterocycles. The number of carbonyl (C=O) groups is 3. The van der Waals surface area contributed by atoms with Gasteiger partial charge in [-0.3, -0.25) is 10.1 Å². The van der Waals surface area contributed by atoms with Gasteiger partial charge >= 0.3 is 12.0 Å². The summed E-state index contributed by atoms with van der Waals surface area (Å²) < 4.78 is 10.6. The molecule has 7 nitrogen and oxygen atoms in total. The van der Waals surface area contributed by atoms with Crippen molar-refractivity contribution in [1.29, 1.82) is 0 Å². The summed E-state index contributed by atoms with van der Waals surface area (Å²) in [7, 11) is 1.29. The van der Waals surface area contributed by atoms with E-state index in [1.807, 2.05) is 6.07 Å². The number of nitrogens with one attached hydrogen (secondary N) is 2. The van der Waals surface area contributed by atoms with Crippen LogP contribution in [0.5, 0.6) is 5.75 Å². The third-order valence-corrected chi connectivity index (χ3v) is 3.91. The van der Waals surface area contributed by atoms with Gasteiger partial charge in [0.15, 0.2) is 6.10 Å². The fraction of sp³-hybridized carbons (Fsp3) is 0.167. The van der Waals surface area contributed by atoms with Crippen LogP contribution in [0, 0.1) is 0 Å². The van der Waals surface area contributed by atoms with E-state index in [1.54, 1.807) is 24.3 Å². The van der Waals surface area contributed by atoms with Crippen molar-refractivity contribution >= 4 is 39.5 Å². The number of hydrogen-bond acceptors (Lipinski definition) is 5. The van der Waals surface area contributed by atoms with E-state index >= 15 is 0 Å². The fourth-order valence-corrected chi connectivity index (χ4v) is 2.45. The molecule has 2 rings (SSSR count). The minimum absolute atomic E-state index is 0.339. The van der Waals surface area contributed by atoms with Gasteiger partial charge < -0.3 is 14.8 Å². The molecule has 0 spiro atoms. The molecule has 2 N–H and O–H groups in total. The molecule has 1 unspecified atom stereocenters. The number of methoxy groups -OCH3 is 1. The molecule has 0 aromatic heterocycles. The molecule has 26 heavy (non-hydrogen) atoms. The number of esters is 1. The molecule has 0 radical (unpaired) electrons. The summed E-state index contributed by atoms with van der Waals surface area (Å²) in [5.41, 5.74) is 0.901. The highest BCUT2D eigenvalue weighted by Gasteiger charge is 2.19. The van der Waals surface area contributed by atoms with E-state index in [0.29, 0.717) is 21.5 Å². The first-order valence-corrected chi connectivity index (χ1v) is 8.41. The normalized spacial score (nSPS) is 11.2. The van der Waals surface area contributed by atoms with Gasteiger partial charge in [-0.1, -0.05) is 18.2 Å². The minimum Gasteiger partial charge on any atom is -0.480 e. The Labute approximate surface area is 158 Å². The van der Waals surface area contributed by atoms with Crippen molar-refractivity contribution in [2.24, 2.45) is 0 Å². The number of rotatable bonds is 5. The third kappa shape index (κ3) is 5.32. The molecular formula is C18H17BrN2O5. The monoisotopic (exact) mass is 420 g/mol. The number of hydrogen-bond donors (Lipinski definition) is 2. The Morgan fingerprint density at radius 1 is 1.08 bits per heavy atom. The van der Waals surface area contributed by atoms with Crippen LogP contribution in [0.15, 0.2) is 53.0 Å². The van der Waals surface area contributed by atoms with Gasteiger partial charge in [0.2, 0.25) is 0 Å². The van der Waals surface area contributed by atoms with Crippen LogP contribution in [0.2, 0.25) is 0 Å². The predicted octanol–water partition coefficient (Wildman–Crippen LogP) is 3.35. The molecule has 0 aliphatic heterocycles. The van der Waals surface area contributed by atoms with Crippen LogP contribution < -0.4 is 15.4 Å². The second-order valence-electron chi connectivity index (χ2n) is 5.21. The summed E-state index contributed by atoms with van der Waals surface area (Å²) in [6, 6.07) is 12.6. The Morgan fingerprint density at radius 2 is 1.77 bits per heavy atom. The van der Waals surface area contributed by atoms with E-state index in [4.69, 9.17) is 4.74 Å². The Kier molecular flexibility index (Phi) is 6.74. The van der Waals surface area contributed by atoms with Crippen LogP contribution in [-0.4, -0.2) is 31.1 Å². The summed E-state index contributed by atoms with van der Waals surface area (Å²) in [5.74, 6) is -0.744. The molecule has 8 heteroatoms. The Hall–Kier alpha value is -2.87. The Bertz CT molecular complexity index is 810. The second kappa shape index (κ2) is 9.00. The van der Waals surface area contributed by atoms with Gasteiger partial charge in [0.1, 0.15) is 5.75 Å². The quantitative estimate of drug-likeness (QED) is 0.723. The van der Waals surface area contributed by atoms with Gasteiger partial charge in [-0.05, 0) is 53.2 Å². The number of amides is 3. The lowest BCUT2D eigenvalue weighted by Crippen LogP contribution is -2.42. The van der Waals surface area contributed by atoms with Crippen LogP contribution in [-0.2, 0) is 9.53 Å². The second-order valence-corrected chi connectivity index (χ2v) is 6.06. The smallest absolute Gasteiger partial charge is 0.337 e. The molecule has 1 atom stereocenters. The zero-order chi connectivity index (χ0) is 19.1. The van der Waals surface area contributed by atoms with Crippen molar-refractivity contribution in [3.8, 4) is 5.75 Å². The number of para-hydroxylation sites is 1. The lowest BCUT2D eigenvalue weighted by Gasteiger charge is -2.16. The molecular weight excluding hydrogens is 404 g/mol. The molecule has 136 valence electrons. The lowest BCUT2D eigenvalue weighted by atomic mass is 10.2. The highest BCUT2D eigenvalue weighted by molar-refractivity contribution is 9.10. The summed E-state index contributed by atoms with van der Waals surface area (Å²) in [4.78, 5) is 35.4. The molecule has 0 saturated carbocycles. The van der Waals surface area contributed by atoms with E-state index in [0.717, 1.165) is 0 Å². The summed E-state index contributed by atoms with van der Waals surface area (Å²) in [6.07, 6.45) is -0.934. The summed E-state index contributed by atoms with van der Waals surface area (Å²) in [6.45, 7) is 1.51. The molecule has 0 heterocycles. The fourth-order valence-electron chi connectivity index (χ4n) is 1.98. The SMILES string of the molecule is COC(=O)c1ccc(OC(C)C(=O)NC(=O)Nc2ccccc2)c(Br)c1. The molecule has 0 aliphatic rings. The zero-order valence-electron chi connectivity index (χ0n) is 14.1. The van der Waals surface area contributed by atoms with Crippen molar-refractivity contribution in [2.75, 3.05) is 12.4 Å². The van der Waals surface area contributed by atoms with E-state index in [-0.39, 0.29) is 0 Å². The van der Waals surface area contributed by atoms with Crippen LogP contribution >= 0.6 is 15.9 Å². The maximum Gasteiger partial charge on any atom is 0.337 e. The van der Waals surface area contributed by atoms with Crippen molar-refractivity contribution in [1.82, 2.24) is 5.32 Å². The number of ether oxygens (including phenoxy) is 2. The van der Waals surface area contributed by atoms with E-state index in [9.17, 15) is 14.4 Å². The van der Waals surface area contributed by atoms with Crippen molar-refractivity contribution in [2.45, 2.75) is 13.0 Å². The van der Waals surface area contributed by atoms with Gasteiger partial charge in [-0.15, -0.1) is 0 Å². The van der Waals surface area contributed by atoms with Gasteiger partial charge in [-0.25, -0.2) is 9.59 Å². The largest absolute Gasteiger partial charge is 0.480 e. The first kappa shape index (κ1) is 19.5. The molecule has 0 aliphatic carbocycles. The van der Waals surface area contributed by atoms with Gasteiger partial charge in [0.25, 0.3) is 5.91 Å². The highest BCUT2D eigenvalue weighted by Crippen LogP contribution is 2.27. The van der Waals surface area contributed by atoms with Crippen molar-refractivity contribution < 1.29 is 23.9 Å². The molecule has 2 aromatic carbocycles. The van der Waals surface area contributed by atoms with Crippen LogP contribution in [0.4, 0.5) is 10.5 Å². The first-order valence-electron chi connectivity index (χ1n) is 7.62. The number of imide groups is 1. The maximum atomic E-state index is 12.1. The molecule has 0 bridgehead atoms. The topological polar surface area (TPSA) is 93.7 Å². The van der Waals surface area contributed by atoms with Crippen LogP contribution in [0.3, 0.4) is 0 Å². The number of halogens is 1. The van der Waals surface area contributed by atoms with Gasteiger partial charge in [0, 0.05) is 5.69 Å². The predicted molar refractivity (Wildman–Crippen MR) is 99.2 cm³/mol. The first-order chi connectivity index (χ1) is 12.4. The molecule has 2 aromatic rings. The van der Waals surface area contributed by atoms with Crippen molar-refractivity contribution in [3.05, 3.63) is 58.6 Å². The van der Waals surface area contributed by atoms with Gasteiger partial charge in [0.05, 0.1) is 17.1 Å². The third-order valence-electron chi connectivity index (χ3n) is 3.29. The number of benzene rings is 2. The number of anilines is 1. The van der Waals surface area contributed by atoms with Crippen molar-refractivity contribution in [3.63, 3.8) is 0 Å². The number of carbonyl (C=O) groups excluding carboxylic acids is 3. The zero-order valence-corrected chi connectivity index (χ0v) is 15.7. The molecule has 3 amide bonds. The van der Waals surface area contributed by atoms with Crippen LogP contribution in [0.1, 0.15) is 17.3 Å². The summed E-state index contributed by atoms with van der Waals surface area (Å²) >= 11 is 3.27. The Morgan fingerprint density at radius 3 is 2.38 bits per heavy atom. The van der Waals surface area contributed by atoms with Gasteiger partial charge in [-0.2, -0.15) is 0 Å². The van der Waals surface area contributed by atoms with E-state index in [1.165, 1.54) is 32.2 Å². The van der Waals surface area contributed by atoms with Crippen LogP contribution in [0.25, 0.3) is 0 Å². The average molecular weight is 421 g/mol. The standard InChI is InChI=1S/C18H17BrN2O5/c1-11(16(22)21-18(24)20-13-6-4-3-5-7-13)26-15-9-8-12(10-14(15)19)17(23)25-2/h3-11H,1-2H3,(H2,20,21,22,24). The van der Waals surface area contributed by atoms with E-state index in [2.05, 4.69) is 31.3 Å². The molecule has 0 fully saturated rings. The summed E-state index contributed by atoms with van der Waals surface area (Å²) in [5, 5.41) is 4.75. The average Bonchev–Trinajstić information content (AvgIpc) is 2.63. The highest BCUT2D eigenvalue weighted by atomic mass is 79.9. The minimum atomic E-state index is -0.934. The number of urea groups is 1. The Balaban J connectivity index is 1.94. The van der Waals surface area contributed by atoms with E-state index < -0.39 is 24.0 Å².